The van der Waals surface area contributed by atoms with Gasteiger partial charge in [0.15, 0.2) is 5.82 Å². The van der Waals surface area contributed by atoms with Crippen molar-refractivity contribution in [1.29, 1.82) is 0 Å². The van der Waals surface area contributed by atoms with Gasteiger partial charge < -0.3 is 14.6 Å². The summed E-state index contributed by atoms with van der Waals surface area (Å²) >= 11 is 0. The van der Waals surface area contributed by atoms with Crippen LogP contribution in [-0.4, -0.2) is 32.8 Å². The molecule has 0 aliphatic carbocycles. The average Bonchev–Trinajstić information content (AvgIpc) is 3.37. The predicted molar refractivity (Wildman–Crippen MR) is 116 cm³/mol. The zero-order valence-electron chi connectivity index (χ0n) is 17.3. The molecule has 0 saturated carbocycles. The molecule has 7 nitrogen and oxygen atoms in total. The Balaban J connectivity index is 1.48. The number of aromatic nitrogens is 4. The number of H-pyrrole nitrogens is 1. The molecule has 0 saturated heterocycles. The lowest BCUT2D eigenvalue weighted by Gasteiger charge is -2.07. The number of aromatic amines is 1. The Hall–Kier alpha value is -3.61. The number of carbonyl (C=O) groups excluding carboxylic acids is 1. The third kappa shape index (κ3) is 4.05. The van der Waals surface area contributed by atoms with E-state index < -0.39 is 0 Å². The maximum Gasteiger partial charge on any atom is 0.253 e. The molecule has 2 N–H and O–H groups in total. The standard InChI is InChI=1S/C23H25N5O2/c1-15(2)13-28-14-19(18-6-4-5-7-20(18)28)23(29)24-12-21-25-22(27-26-21)16-8-10-17(30-3)11-9-16/h4-11,14-15H,12-13H2,1-3H3,(H,24,29)(H,25,26,27). The number of carbonyl (C=O) groups is 1. The van der Waals surface area contributed by atoms with Crippen LogP contribution in [0.4, 0.5) is 0 Å². The van der Waals surface area contributed by atoms with Gasteiger partial charge in [-0.15, -0.1) is 0 Å². The number of rotatable bonds is 7. The second kappa shape index (κ2) is 8.41. The van der Waals surface area contributed by atoms with Gasteiger partial charge in [-0.2, -0.15) is 5.10 Å². The Labute approximate surface area is 175 Å². The van der Waals surface area contributed by atoms with E-state index in [4.69, 9.17) is 4.74 Å². The van der Waals surface area contributed by atoms with Crippen LogP contribution in [0.5, 0.6) is 5.75 Å². The molecule has 30 heavy (non-hydrogen) atoms. The van der Waals surface area contributed by atoms with E-state index in [0.29, 0.717) is 23.1 Å². The van der Waals surface area contributed by atoms with Crippen LogP contribution in [0, 0.1) is 5.92 Å². The number of fused-ring (bicyclic) bond motifs is 1. The molecule has 4 aromatic rings. The van der Waals surface area contributed by atoms with E-state index >= 15 is 0 Å². The second-order valence-corrected chi connectivity index (χ2v) is 7.62. The first-order valence-electron chi connectivity index (χ1n) is 9.97. The molecule has 0 atom stereocenters. The quantitative estimate of drug-likeness (QED) is 0.488. The van der Waals surface area contributed by atoms with Crippen molar-refractivity contribution in [2.45, 2.75) is 26.9 Å². The van der Waals surface area contributed by atoms with Crippen LogP contribution in [0.15, 0.2) is 54.7 Å². The summed E-state index contributed by atoms with van der Waals surface area (Å²) in [6.07, 6.45) is 1.93. The highest BCUT2D eigenvalue weighted by atomic mass is 16.5. The summed E-state index contributed by atoms with van der Waals surface area (Å²) in [5, 5.41) is 11.0. The minimum absolute atomic E-state index is 0.129. The lowest BCUT2D eigenvalue weighted by molar-refractivity contribution is 0.0951. The lowest BCUT2D eigenvalue weighted by atomic mass is 10.1. The fourth-order valence-corrected chi connectivity index (χ4v) is 3.47. The average molecular weight is 403 g/mol. The first kappa shape index (κ1) is 19.7. The minimum Gasteiger partial charge on any atom is -0.497 e. The molecule has 0 unspecified atom stereocenters. The van der Waals surface area contributed by atoms with Gasteiger partial charge in [0, 0.05) is 29.2 Å². The molecule has 1 amide bonds. The van der Waals surface area contributed by atoms with Gasteiger partial charge in [-0.25, -0.2) is 4.98 Å². The third-order valence-electron chi connectivity index (χ3n) is 4.89. The Morgan fingerprint density at radius 2 is 1.93 bits per heavy atom. The molecule has 0 spiro atoms. The minimum atomic E-state index is -0.129. The molecule has 0 radical (unpaired) electrons. The van der Waals surface area contributed by atoms with Crippen LogP contribution >= 0.6 is 0 Å². The molecule has 7 heteroatoms. The Kier molecular flexibility index (Phi) is 5.52. The van der Waals surface area contributed by atoms with Crippen LogP contribution in [0.2, 0.25) is 0 Å². The Morgan fingerprint density at radius 1 is 1.17 bits per heavy atom. The smallest absolute Gasteiger partial charge is 0.253 e. The van der Waals surface area contributed by atoms with Gasteiger partial charge in [0.25, 0.3) is 5.91 Å². The van der Waals surface area contributed by atoms with Gasteiger partial charge in [0.1, 0.15) is 11.6 Å². The number of hydrogen-bond donors (Lipinski definition) is 2. The van der Waals surface area contributed by atoms with Gasteiger partial charge in [-0.1, -0.05) is 32.0 Å². The number of amides is 1. The van der Waals surface area contributed by atoms with E-state index in [1.807, 2.05) is 54.7 Å². The highest BCUT2D eigenvalue weighted by Gasteiger charge is 2.16. The van der Waals surface area contributed by atoms with Gasteiger partial charge >= 0.3 is 0 Å². The summed E-state index contributed by atoms with van der Waals surface area (Å²) in [4.78, 5) is 17.4. The van der Waals surface area contributed by atoms with Crippen molar-refractivity contribution in [1.82, 2.24) is 25.1 Å². The number of nitrogens with zero attached hydrogens (tertiary/aromatic N) is 3. The zero-order valence-corrected chi connectivity index (χ0v) is 17.3. The lowest BCUT2D eigenvalue weighted by Crippen LogP contribution is -2.23. The maximum absolute atomic E-state index is 12.9. The number of para-hydroxylation sites is 1. The summed E-state index contributed by atoms with van der Waals surface area (Å²) in [6, 6.07) is 15.5. The van der Waals surface area contributed by atoms with E-state index in [0.717, 1.165) is 28.8 Å². The SMILES string of the molecule is COc1ccc(-c2n[nH]c(CNC(=O)c3cn(CC(C)C)c4ccccc34)n2)cc1. The fourth-order valence-electron chi connectivity index (χ4n) is 3.47. The van der Waals surface area contributed by atoms with Gasteiger partial charge in [-0.05, 0) is 36.2 Å². The molecule has 2 aromatic heterocycles. The van der Waals surface area contributed by atoms with E-state index in [-0.39, 0.29) is 12.5 Å². The topological polar surface area (TPSA) is 84.8 Å². The Bertz CT molecular complexity index is 1160. The highest BCUT2D eigenvalue weighted by molar-refractivity contribution is 6.06. The molecular weight excluding hydrogens is 378 g/mol. The molecule has 4 rings (SSSR count). The monoisotopic (exact) mass is 403 g/mol. The predicted octanol–water partition coefficient (Wildman–Crippen LogP) is 4.02. The Morgan fingerprint density at radius 3 is 2.67 bits per heavy atom. The molecule has 2 aromatic carbocycles. The molecule has 0 aliphatic heterocycles. The highest BCUT2D eigenvalue weighted by Crippen LogP contribution is 2.23. The van der Waals surface area contributed by atoms with E-state index in [1.54, 1.807) is 7.11 Å². The van der Waals surface area contributed by atoms with Crippen molar-refractivity contribution < 1.29 is 9.53 Å². The summed E-state index contributed by atoms with van der Waals surface area (Å²) in [6.45, 7) is 5.46. The van der Waals surface area contributed by atoms with Crippen molar-refractivity contribution in [2.24, 2.45) is 5.92 Å². The molecule has 0 aliphatic rings. The summed E-state index contributed by atoms with van der Waals surface area (Å²) in [7, 11) is 1.63. The third-order valence-corrected chi connectivity index (χ3v) is 4.89. The van der Waals surface area contributed by atoms with E-state index in [2.05, 4.69) is 38.9 Å². The molecule has 0 bridgehead atoms. The van der Waals surface area contributed by atoms with Crippen LogP contribution in [-0.2, 0) is 13.1 Å². The van der Waals surface area contributed by atoms with Gasteiger partial charge in [-0.3, -0.25) is 9.89 Å². The molecule has 2 heterocycles. The van der Waals surface area contributed by atoms with Crippen LogP contribution in [0.1, 0.15) is 30.0 Å². The first-order valence-corrected chi connectivity index (χ1v) is 9.97. The van der Waals surface area contributed by atoms with Gasteiger partial charge in [0.2, 0.25) is 0 Å². The van der Waals surface area contributed by atoms with E-state index in [1.165, 1.54) is 0 Å². The fraction of sp³-hybridized carbons (Fsp3) is 0.261. The van der Waals surface area contributed by atoms with Crippen molar-refractivity contribution in [3.63, 3.8) is 0 Å². The molecule has 0 fully saturated rings. The van der Waals surface area contributed by atoms with E-state index in [9.17, 15) is 4.79 Å². The number of nitrogens with one attached hydrogen (secondary N) is 2. The van der Waals surface area contributed by atoms with Crippen LogP contribution in [0.3, 0.4) is 0 Å². The molecule has 154 valence electrons. The van der Waals surface area contributed by atoms with Crippen molar-refractivity contribution >= 4 is 16.8 Å². The number of methoxy groups -OCH3 is 1. The number of ether oxygens (including phenoxy) is 1. The summed E-state index contributed by atoms with van der Waals surface area (Å²) in [5.74, 6) is 2.31. The van der Waals surface area contributed by atoms with Crippen LogP contribution in [0.25, 0.3) is 22.3 Å². The number of benzene rings is 2. The zero-order chi connectivity index (χ0) is 21.1. The van der Waals surface area contributed by atoms with Crippen LogP contribution < -0.4 is 10.1 Å². The normalized spacial score (nSPS) is 11.2. The second-order valence-electron chi connectivity index (χ2n) is 7.62. The van der Waals surface area contributed by atoms with Crippen molar-refractivity contribution in [3.8, 4) is 17.1 Å². The van der Waals surface area contributed by atoms with Crippen molar-refractivity contribution in [3.05, 3.63) is 66.1 Å². The first-order chi connectivity index (χ1) is 14.5. The summed E-state index contributed by atoms with van der Waals surface area (Å²) < 4.78 is 7.32. The molecular formula is C23H25N5O2. The van der Waals surface area contributed by atoms with Gasteiger partial charge in [0.05, 0.1) is 19.2 Å². The number of hydrogen-bond acceptors (Lipinski definition) is 4. The largest absolute Gasteiger partial charge is 0.497 e. The maximum atomic E-state index is 12.9. The van der Waals surface area contributed by atoms with Crippen molar-refractivity contribution in [2.75, 3.05) is 7.11 Å². The summed E-state index contributed by atoms with van der Waals surface area (Å²) in [5.41, 5.74) is 2.61.